The average Bonchev–Trinajstić information content (AvgIpc) is 2.91. The van der Waals surface area contributed by atoms with Gasteiger partial charge < -0.3 is 14.7 Å². The lowest BCUT2D eigenvalue weighted by Crippen LogP contribution is -2.44. The number of nitrogens with one attached hydrogen (secondary N) is 1. The summed E-state index contributed by atoms with van der Waals surface area (Å²) < 4.78 is 5.23. The third-order valence-electron chi connectivity index (χ3n) is 6.00. The van der Waals surface area contributed by atoms with Gasteiger partial charge in [-0.15, -0.1) is 0 Å². The second-order valence-corrected chi connectivity index (χ2v) is 8.05. The van der Waals surface area contributed by atoms with Crippen molar-refractivity contribution in [3.63, 3.8) is 0 Å². The maximum atomic E-state index is 13.4. The molecule has 0 saturated heterocycles. The van der Waals surface area contributed by atoms with E-state index in [1.807, 2.05) is 29.2 Å². The minimum atomic E-state index is -1.15. The Labute approximate surface area is 174 Å². The maximum absolute atomic E-state index is 13.4. The highest BCUT2D eigenvalue weighted by Gasteiger charge is 2.50. The van der Waals surface area contributed by atoms with E-state index in [2.05, 4.69) is 5.32 Å². The van der Waals surface area contributed by atoms with Gasteiger partial charge in [-0.2, -0.15) is 0 Å². The van der Waals surface area contributed by atoms with Crippen molar-refractivity contribution >= 4 is 29.3 Å². The van der Waals surface area contributed by atoms with Crippen LogP contribution in [-0.2, 0) is 12.1 Å². The maximum Gasteiger partial charge on any atom is 0.409 e. The molecule has 0 unspecified atom stereocenters. The molecule has 2 amide bonds. The quantitative estimate of drug-likeness (QED) is 0.715. The summed E-state index contributed by atoms with van der Waals surface area (Å²) in [6.45, 7) is 0.468. The monoisotopic (exact) mass is 414 g/mol. The van der Waals surface area contributed by atoms with Crippen molar-refractivity contribution in [1.29, 1.82) is 0 Å². The average molecular weight is 415 g/mol. The van der Waals surface area contributed by atoms with Crippen LogP contribution in [-0.4, -0.2) is 29.1 Å². The van der Waals surface area contributed by atoms with Crippen LogP contribution in [0.4, 0.5) is 10.5 Å². The van der Waals surface area contributed by atoms with Gasteiger partial charge in [-0.1, -0.05) is 43.0 Å². The molecule has 0 bridgehead atoms. The molecule has 29 heavy (non-hydrogen) atoms. The molecule has 2 aromatic rings. The third kappa shape index (κ3) is 3.42. The van der Waals surface area contributed by atoms with Crippen LogP contribution >= 0.6 is 11.6 Å². The Morgan fingerprint density at radius 3 is 2.52 bits per heavy atom. The number of fused-ring (bicyclic) bond motifs is 2. The lowest BCUT2D eigenvalue weighted by Gasteiger charge is -2.42. The van der Waals surface area contributed by atoms with Crippen molar-refractivity contribution in [3.8, 4) is 5.75 Å². The highest BCUT2D eigenvalue weighted by atomic mass is 35.5. The minimum absolute atomic E-state index is 0.0930. The SMILES string of the molecule is COc1ccc(CN2C(=O)c3c(Cl)cc(NC(=O)O)cc3C23CCCCC3)cc1. The van der Waals surface area contributed by atoms with Crippen LogP contribution in [0.15, 0.2) is 36.4 Å². The predicted molar refractivity (Wildman–Crippen MR) is 111 cm³/mol. The van der Waals surface area contributed by atoms with Gasteiger partial charge in [0.05, 0.1) is 23.2 Å². The van der Waals surface area contributed by atoms with Crippen molar-refractivity contribution in [2.24, 2.45) is 0 Å². The van der Waals surface area contributed by atoms with E-state index in [0.717, 1.165) is 49.0 Å². The Morgan fingerprint density at radius 2 is 1.90 bits per heavy atom. The fourth-order valence-electron chi connectivity index (χ4n) is 4.67. The van der Waals surface area contributed by atoms with Crippen molar-refractivity contribution in [1.82, 2.24) is 4.90 Å². The molecule has 1 saturated carbocycles. The lowest BCUT2D eigenvalue weighted by atomic mass is 9.76. The van der Waals surface area contributed by atoms with Crippen molar-refractivity contribution < 1.29 is 19.4 Å². The molecular weight excluding hydrogens is 392 g/mol. The Morgan fingerprint density at radius 1 is 1.21 bits per heavy atom. The molecule has 2 aliphatic rings. The van der Waals surface area contributed by atoms with Crippen molar-refractivity contribution in [3.05, 3.63) is 58.1 Å². The summed E-state index contributed by atoms with van der Waals surface area (Å²) in [6, 6.07) is 11.0. The predicted octanol–water partition coefficient (Wildman–Crippen LogP) is 5.25. The van der Waals surface area contributed by atoms with Gasteiger partial charge in [0.15, 0.2) is 0 Å². The number of halogens is 1. The third-order valence-corrected chi connectivity index (χ3v) is 6.30. The Bertz CT molecular complexity index is 952. The van der Waals surface area contributed by atoms with Gasteiger partial charge in [-0.3, -0.25) is 10.1 Å². The van der Waals surface area contributed by atoms with Crippen LogP contribution < -0.4 is 10.1 Å². The summed E-state index contributed by atoms with van der Waals surface area (Å²) in [5.74, 6) is 0.675. The number of hydrogen-bond donors (Lipinski definition) is 2. The van der Waals surface area contributed by atoms with Crippen LogP contribution in [0.5, 0.6) is 5.75 Å². The lowest BCUT2D eigenvalue weighted by molar-refractivity contribution is 0.0387. The first-order valence-electron chi connectivity index (χ1n) is 9.73. The number of carbonyl (C=O) groups excluding carboxylic acids is 1. The smallest absolute Gasteiger partial charge is 0.409 e. The summed E-state index contributed by atoms with van der Waals surface area (Å²) in [7, 11) is 1.62. The number of carbonyl (C=O) groups is 2. The normalized spacial score (nSPS) is 17.3. The summed E-state index contributed by atoms with van der Waals surface area (Å²) in [5, 5.41) is 11.8. The number of methoxy groups -OCH3 is 1. The van der Waals surface area contributed by atoms with Gasteiger partial charge in [0.2, 0.25) is 0 Å². The molecule has 0 atom stereocenters. The molecule has 1 fully saturated rings. The number of carboxylic acid groups (broad SMARTS) is 1. The number of anilines is 1. The van der Waals surface area contributed by atoms with E-state index in [0.29, 0.717) is 22.8 Å². The van der Waals surface area contributed by atoms with Crippen LogP contribution in [0.2, 0.25) is 5.02 Å². The molecule has 2 N–H and O–H groups in total. The summed E-state index contributed by atoms with van der Waals surface area (Å²) in [6.07, 6.45) is 3.68. The highest BCUT2D eigenvalue weighted by molar-refractivity contribution is 6.34. The van der Waals surface area contributed by atoms with E-state index in [1.54, 1.807) is 13.2 Å². The molecular formula is C22H23ClN2O4. The molecule has 152 valence electrons. The fourth-order valence-corrected chi connectivity index (χ4v) is 4.97. The van der Waals surface area contributed by atoms with Crippen LogP contribution in [0, 0.1) is 0 Å². The fraction of sp³-hybridized carbons (Fsp3) is 0.364. The van der Waals surface area contributed by atoms with Gasteiger partial charge >= 0.3 is 6.09 Å². The summed E-state index contributed by atoms with van der Waals surface area (Å²) in [5.41, 5.74) is 2.29. The minimum Gasteiger partial charge on any atom is -0.497 e. The Kier molecular flexibility index (Phi) is 5.13. The zero-order valence-electron chi connectivity index (χ0n) is 16.2. The Balaban J connectivity index is 1.77. The van der Waals surface area contributed by atoms with Gasteiger partial charge in [-0.25, -0.2) is 4.79 Å². The van der Waals surface area contributed by atoms with Crippen LogP contribution in [0.3, 0.4) is 0 Å². The van der Waals surface area contributed by atoms with E-state index < -0.39 is 11.6 Å². The number of nitrogens with zero attached hydrogens (tertiary/aromatic N) is 1. The largest absolute Gasteiger partial charge is 0.497 e. The topological polar surface area (TPSA) is 78.9 Å². The van der Waals surface area contributed by atoms with Gasteiger partial charge in [0, 0.05) is 12.2 Å². The molecule has 6 nitrogen and oxygen atoms in total. The van der Waals surface area contributed by atoms with E-state index in [-0.39, 0.29) is 5.91 Å². The molecule has 1 spiro atoms. The first kappa shape index (κ1) is 19.6. The number of ether oxygens (including phenoxy) is 1. The van der Waals surface area contributed by atoms with E-state index >= 15 is 0 Å². The Hall–Kier alpha value is -2.73. The van der Waals surface area contributed by atoms with Crippen LogP contribution in [0.25, 0.3) is 0 Å². The van der Waals surface area contributed by atoms with E-state index in [4.69, 9.17) is 21.4 Å². The molecule has 1 heterocycles. The standard InChI is InChI=1S/C22H23ClN2O4/c1-29-16-7-5-14(6-8-16)13-25-20(26)19-17(22(25)9-3-2-4-10-22)11-15(12-18(19)23)24-21(27)28/h5-8,11-12,24H,2-4,9-10,13H2,1H3,(H,27,28). The molecule has 0 radical (unpaired) electrons. The van der Waals surface area contributed by atoms with Crippen molar-refractivity contribution in [2.45, 2.75) is 44.2 Å². The molecule has 2 aromatic carbocycles. The molecule has 1 aliphatic carbocycles. The molecule has 1 aliphatic heterocycles. The second-order valence-electron chi connectivity index (χ2n) is 7.64. The summed E-state index contributed by atoms with van der Waals surface area (Å²) in [4.78, 5) is 26.5. The number of amides is 2. The molecule has 4 rings (SSSR count). The van der Waals surface area contributed by atoms with Crippen molar-refractivity contribution in [2.75, 3.05) is 12.4 Å². The highest BCUT2D eigenvalue weighted by Crippen LogP contribution is 2.51. The summed E-state index contributed by atoms with van der Waals surface area (Å²) >= 11 is 6.47. The van der Waals surface area contributed by atoms with E-state index in [9.17, 15) is 9.59 Å². The zero-order valence-corrected chi connectivity index (χ0v) is 17.0. The second kappa shape index (κ2) is 7.59. The first-order chi connectivity index (χ1) is 13.9. The molecule has 7 heteroatoms. The first-order valence-corrected chi connectivity index (χ1v) is 10.1. The van der Waals surface area contributed by atoms with Gasteiger partial charge in [0.1, 0.15) is 5.75 Å². The zero-order chi connectivity index (χ0) is 20.6. The number of benzene rings is 2. The van der Waals surface area contributed by atoms with Crippen LogP contribution in [0.1, 0.15) is 53.6 Å². The van der Waals surface area contributed by atoms with Gasteiger partial charge in [-0.05, 0) is 48.2 Å². The van der Waals surface area contributed by atoms with E-state index in [1.165, 1.54) is 6.07 Å². The number of hydrogen-bond acceptors (Lipinski definition) is 3. The van der Waals surface area contributed by atoms with Gasteiger partial charge in [0.25, 0.3) is 5.91 Å². The number of rotatable bonds is 4. The molecule has 0 aromatic heterocycles.